The van der Waals surface area contributed by atoms with Crippen LogP contribution in [-0.2, 0) is 11.3 Å². The number of hydrogen-bond acceptors (Lipinski definition) is 3. The Morgan fingerprint density at radius 1 is 1.43 bits per heavy atom. The molecule has 0 spiro atoms. The van der Waals surface area contributed by atoms with E-state index < -0.39 is 5.97 Å². The zero-order valence-corrected chi connectivity index (χ0v) is 12.3. The van der Waals surface area contributed by atoms with Crippen molar-refractivity contribution in [3.63, 3.8) is 0 Å². The van der Waals surface area contributed by atoms with Crippen molar-refractivity contribution < 1.29 is 9.90 Å². The van der Waals surface area contributed by atoms with Gasteiger partial charge in [0.1, 0.15) is 0 Å². The monoisotopic (exact) mass is 302 g/mol. The zero-order chi connectivity index (χ0) is 15.2. The van der Waals surface area contributed by atoms with E-state index in [0.29, 0.717) is 11.6 Å². The molecule has 0 aliphatic rings. The second-order valence-corrected chi connectivity index (χ2v) is 5.01. The minimum Gasteiger partial charge on any atom is -0.478 e. The molecule has 5 heteroatoms. The third kappa shape index (κ3) is 4.33. The molecule has 0 radical (unpaired) electrons. The van der Waals surface area contributed by atoms with Gasteiger partial charge >= 0.3 is 5.97 Å². The van der Waals surface area contributed by atoms with Gasteiger partial charge in [-0.25, -0.2) is 4.79 Å². The van der Waals surface area contributed by atoms with Crippen molar-refractivity contribution in [2.45, 2.75) is 6.54 Å². The number of aromatic nitrogens is 1. The predicted molar refractivity (Wildman–Crippen MR) is 84.5 cm³/mol. The van der Waals surface area contributed by atoms with E-state index in [0.717, 1.165) is 22.9 Å². The molecule has 0 unspecified atom stereocenters. The molecule has 0 saturated carbocycles. The molecule has 2 rings (SSSR count). The Labute approximate surface area is 128 Å². The summed E-state index contributed by atoms with van der Waals surface area (Å²) in [5, 5.41) is 9.19. The first kappa shape index (κ1) is 15.1. The van der Waals surface area contributed by atoms with Crippen LogP contribution in [0.3, 0.4) is 0 Å². The van der Waals surface area contributed by atoms with Crippen molar-refractivity contribution in [2.75, 3.05) is 11.9 Å². The Morgan fingerprint density at radius 3 is 2.86 bits per heavy atom. The Kier molecular flexibility index (Phi) is 4.95. The Balaban J connectivity index is 2.15. The van der Waals surface area contributed by atoms with Crippen LogP contribution in [0, 0.1) is 0 Å². The van der Waals surface area contributed by atoms with E-state index in [4.69, 9.17) is 16.7 Å². The molecule has 2 aromatic rings. The van der Waals surface area contributed by atoms with Crippen LogP contribution in [0.2, 0.25) is 5.02 Å². The van der Waals surface area contributed by atoms with Crippen molar-refractivity contribution in [2.24, 2.45) is 0 Å². The SMILES string of the molecule is CN(Cc1cccnc1)c1ccc(/C=C/C(=O)O)cc1Cl. The summed E-state index contributed by atoms with van der Waals surface area (Å²) in [5.74, 6) is -0.983. The summed E-state index contributed by atoms with van der Waals surface area (Å²) in [6.07, 6.45) is 6.15. The number of nitrogens with zero attached hydrogens (tertiary/aromatic N) is 2. The standard InChI is InChI=1S/C16H15ClN2O2/c1-19(11-13-3-2-8-18-10-13)15-6-4-12(9-14(15)17)5-7-16(20)21/h2-10H,11H2,1H3,(H,20,21)/b7-5+. The molecule has 0 atom stereocenters. The van der Waals surface area contributed by atoms with Crippen LogP contribution < -0.4 is 4.90 Å². The topological polar surface area (TPSA) is 53.4 Å². The van der Waals surface area contributed by atoms with E-state index >= 15 is 0 Å². The number of halogens is 1. The predicted octanol–water partition coefficient (Wildman–Crippen LogP) is 3.47. The number of carboxylic acid groups (broad SMARTS) is 1. The Hall–Kier alpha value is -2.33. The van der Waals surface area contributed by atoms with Crippen LogP contribution in [0.1, 0.15) is 11.1 Å². The molecule has 0 aliphatic carbocycles. The molecule has 1 N–H and O–H groups in total. The maximum absolute atomic E-state index is 10.5. The molecule has 0 amide bonds. The molecule has 1 aromatic carbocycles. The van der Waals surface area contributed by atoms with E-state index in [9.17, 15) is 4.79 Å². The first-order valence-electron chi connectivity index (χ1n) is 6.37. The third-order valence-corrected chi connectivity index (χ3v) is 3.25. The highest BCUT2D eigenvalue weighted by Crippen LogP contribution is 2.27. The number of aliphatic carboxylic acids is 1. The highest BCUT2D eigenvalue weighted by atomic mass is 35.5. The Morgan fingerprint density at radius 2 is 2.24 bits per heavy atom. The van der Waals surface area contributed by atoms with Crippen LogP contribution in [0.25, 0.3) is 6.08 Å². The highest BCUT2D eigenvalue weighted by molar-refractivity contribution is 6.33. The van der Waals surface area contributed by atoms with Gasteiger partial charge in [0.15, 0.2) is 0 Å². The number of hydrogen-bond donors (Lipinski definition) is 1. The van der Waals surface area contributed by atoms with Gasteiger partial charge in [-0.3, -0.25) is 4.98 Å². The molecule has 21 heavy (non-hydrogen) atoms. The Bertz CT molecular complexity index is 657. The fraction of sp³-hybridized carbons (Fsp3) is 0.125. The van der Waals surface area contributed by atoms with Gasteiger partial charge in [-0.15, -0.1) is 0 Å². The smallest absolute Gasteiger partial charge is 0.328 e. The van der Waals surface area contributed by atoms with Crippen LogP contribution in [0.4, 0.5) is 5.69 Å². The number of pyridine rings is 1. The van der Waals surface area contributed by atoms with Crippen LogP contribution in [0.5, 0.6) is 0 Å². The molecule has 108 valence electrons. The van der Waals surface area contributed by atoms with Gasteiger partial charge in [0.05, 0.1) is 10.7 Å². The van der Waals surface area contributed by atoms with E-state index in [1.54, 1.807) is 12.3 Å². The summed E-state index contributed by atoms with van der Waals surface area (Å²) in [6.45, 7) is 0.692. The molecule has 0 saturated heterocycles. The van der Waals surface area contributed by atoms with E-state index in [1.807, 2.05) is 42.4 Å². The molecule has 1 heterocycles. The first-order valence-corrected chi connectivity index (χ1v) is 6.74. The third-order valence-electron chi connectivity index (χ3n) is 2.94. The maximum atomic E-state index is 10.5. The van der Waals surface area contributed by atoms with Gasteiger partial charge in [-0.1, -0.05) is 23.7 Å². The second kappa shape index (κ2) is 6.90. The summed E-state index contributed by atoms with van der Waals surface area (Å²) in [6, 6.07) is 9.35. The molecular formula is C16H15ClN2O2. The fourth-order valence-electron chi connectivity index (χ4n) is 1.95. The number of benzene rings is 1. The molecule has 0 fully saturated rings. The zero-order valence-electron chi connectivity index (χ0n) is 11.5. The molecule has 4 nitrogen and oxygen atoms in total. The summed E-state index contributed by atoms with van der Waals surface area (Å²) in [5.41, 5.74) is 2.72. The fourth-order valence-corrected chi connectivity index (χ4v) is 2.29. The summed E-state index contributed by atoms with van der Waals surface area (Å²) < 4.78 is 0. The van der Waals surface area contributed by atoms with Crippen molar-refractivity contribution in [3.8, 4) is 0 Å². The lowest BCUT2D eigenvalue weighted by Gasteiger charge is -2.20. The lowest BCUT2D eigenvalue weighted by molar-refractivity contribution is -0.131. The maximum Gasteiger partial charge on any atom is 0.328 e. The van der Waals surface area contributed by atoms with Crippen molar-refractivity contribution in [1.82, 2.24) is 4.98 Å². The first-order chi connectivity index (χ1) is 10.1. The van der Waals surface area contributed by atoms with Crippen molar-refractivity contribution >= 4 is 29.3 Å². The second-order valence-electron chi connectivity index (χ2n) is 4.60. The minimum atomic E-state index is -0.983. The number of anilines is 1. The average Bonchev–Trinajstić information content (AvgIpc) is 2.46. The van der Waals surface area contributed by atoms with Crippen molar-refractivity contribution in [1.29, 1.82) is 0 Å². The van der Waals surface area contributed by atoms with Crippen LogP contribution in [0.15, 0.2) is 48.8 Å². The van der Waals surface area contributed by atoms with Crippen LogP contribution in [-0.4, -0.2) is 23.1 Å². The van der Waals surface area contributed by atoms with E-state index in [2.05, 4.69) is 4.98 Å². The van der Waals surface area contributed by atoms with Crippen molar-refractivity contribution in [3.05, 3.63) is 65.0 Å². The quantitative estimate of drug-likeness (QED) is 0.859. The van der Waals surface area contributed by atoms with E-state index in [1.165, 1.54) is 6.08 Å². The van der Waals surface area contributed by atoms with Gasteiger partial charge < -0.3 is 10.0 Å². The lowest BCUT2D eigenvalue weighted by atomic mass is 10.1. The highest BCUT2D eigenvalue weighted by Gasteiger charge is 2.07. The molecule has 0 aliphatic heterocycles. The summed E-state index contributed by atoms with van der Waals surface area (Å²) in [7, 11) is 1.95. The number of carboxylic acids is 1. The number of rotatable bonds is 5. The van der Waals surface area contributed by atoms with Gasteiger partial charge in [0.2, 0.25) is 0 Å². The number of carbonyl (C=O) groups is 1. The normalized spacial score (nSPS) is 10.8. The molecular weight excluding hydrogens is 288 g/mol. The lowest BCUT2D eigenvalue weighted by Crippen LogP contribution is -2.16. The largest absolute Gasteiger partial charge is 0.478 e. The molecule has 0 bridgehead atoms. The van der Waals surface area contributed by atoms with Crippen LogP contribution >= 0.6 is 11.6 Å². The van der Waals surface area contributed by atoms with Gasteiger partial charge in [-0.05, 0) is 35.4 Å². The average molecular weight is 303 g/mol. The van der Waals surface area contributed by atoms with E-state index in [-0.39, 0.29) is 0 Å². The minimum absolute atomic E-state index is 0.578. The van der Waals surface area contributed by atoms with Gasteiger partial charge in [0, 0.05) is 32.1 Å². The summed E-state index contributed by atoms with van der Waals surface area (Å²) >= 11 is 6.27. The summed E-state index contributed by atoms with van der Waals surface area (Å²) in [4.78, 5) is 16.6. The molecule has 1 aromatic heterocycles. The van der Waals surface area contributed by atoms with Gasteiger partial charge in [0.25, 0.3) is 0 Å². The van der Waals surface area contributed by atoms with Gasteiger partial charge in [-0.2, -0.15) is 0 Å².